The summed E-state index contributed by atoms with van der Waals surface area (Å²) in [6.07, 6.45) is 5.50. The number of aryl methyl sites for hydroxylation is 1. The minimum atomic E-state index is -1.39. The van der Waals surface area contributed by atoms with E-state index >= 15 is 0 Å². The van der Waals surface area contributed by atoms with Crippen LogP contribution in [0, 0.1) is 11.3 Å². The number of carbonyl (C=O) groups is 4. The van der Waals surface area contributed by atoms with E-state index in [0.717, 1.165) is 54.5 Å². The van der Waals surface area contributed by atoms with Crippen molar-refractivity contribution < 1.29 is 33.8 Å². The fourth-order valence-electron chi connectivity index (χ4n) is 8.14. The number of benzene rings is 2. The van der Waals surface area contributed by atoms with Crippen LogP contribution in [0.2, 0.25) is 0 Å². The van der Waals surface area contributed by atoms with Gasteiger partial charge in [0.1, 0.15) is 40.4 Å². The first-order valence-corrected chi connectivity index (χ1v) is 19.6. The highest BCUT2D eigenvalue weighted by Crippen LogP contribution is 2.46. The number of ether oxygens (including phenoxy) is 2. The second-order valence-corrected chi connectivity index (χ2v) is 17.1. The van der Waals surface area contributed by atoms with Gasteiger partial charge in [-0.1, -0.05) is 77.3 Å². The maximum absolute atomic E-state index is 14.7. The van der Waals surface area contributed by atoms with Crippen LogP contribution in [0.1, 0.15) is 105 Å². The number of nitrogens with zero attached hydrogens (tertiary/aromatic N) is 4. The quantitative estimate of drug-likeness (QED) is 0.253. The van der Waals surface area contributed by atoms with Gasteiger partial charge in [0.25, 0.3) is 0 Å². The zero-order chi connectivity index (χ0) is 39.7. The van der Waals surface area contributed by atoms with Gasteiger partial charge >= 0.3 is 12.1 Å². The molecule has 3 aromatic rings. The average molecular weight is 757 g/mol. The first kappa shape index (κ1) is 39.7. The number of nitrogens with one attached hydrogen (secondary N) is 2. The van der Waals surface area contributed by atoms with Gasteiger partial charge in [0.15, 0.2) is 0 Å². The Labute approximate surface area is 323 Å². The number of rotatable bonds is 6. The molecule has 1 aromatic heterocycles. The van der Waals surface area contributed by atoms with Gasteiger partial charge in [-0.05, 0) is 81.0 Å². The Hall–Kier alpha value is -4.94. The molecule has 3 heterocycles. The van der Waals surface area contributed by atoms with Crippen LogP contribution in [-0.2, 0) is 25.5 Å². The molecule has 13 heteroatoms. The molecule has 2 aromatic carbocycles. The molecule has 1 aliphatic carbocycles. The number of carbonyl (C=O) groups excluding carboxylic acids is 3. The van der Waals surface area contributed by atoms with Crippen molar-refractivity contribution in [3.8, 4) is 28.3 Å². The van der Waals surface area contributed by atoms with E-state index in [4.69, 9.17) is 19.7 Å². The average Bonchev–Trinajstić information content (AvgIpc) is 3.43. The van der Waals surface area contributed by atoms with Gasteiger partial charge in [-0.2, -0.15) is 15.0 Å². The molecule has 3 aliphatic rings. The molecule has 1 saturated heterocycles. The molecule has 3 N–H and O–H groups in total. The van der Waals surface area contributed by atoms with Gasteiger partial charge in [-0.3, -0.25) is 9.59 Å². The Morgan fingerprint density at radius 3 is 2.35 bits per heavy atom. The first-order valence-electron chi connectivity index (χ1n) is 19.6. The van der Waals surface area contributed by atoms with Crippen LogP contribution >= 0.6 is 0 Å². The van der Waals surface area contributed by atoms with E-state index in [1.807, 2.05) is 84.0 Å². The van der Waals surface area contributed by atoms with E-state index in [1.54, 1.807) is 11.9 Å². The van der Waals surface area contributed by atoms with Crippen molar-refractivity contribution in [2.75, 3.05) is 13.7 Å². The molecule has 5 atom stereocenters. The Morgan fingerprint density at radius 2 is 1.71 bits per heavy atom. The summed E-state index contributed by atoms with van der Waals surface area (Å²) in [5, 5.41) is 25.9. The van der Waals surface area contributed by atoms with Gasteiger partial charge in [-0.15, -0.1) is 0 Å². The van der Waals surface area contributed by atoms with Gasteiger partial charge in [0.2, 0.25) is 11.8 Å². The van der Waals surface area contributed by atoms with Crippen molar-refractivity contribution in [3.63, 3.8) is 0 Å². The summed E-state index contributed by atoms with van der Waals surface area (Å²) in [4.78, 5) is 58.0. The highest BCUT2D eigenvalue weighted by Gasteiger charge is 2.61. The molecule has 1 saturated carbocycles. The predicted molar refractivity (Wildman–Crippen MR) is 207 cm³/mol. The lowest BCUT2D eigenvalue weighted by Gasteiger charge is -2.36. The number of hydrogen-bond donors (Lipinski definition) is 3. The Morgan fingerprint density at radius 1 is 1.02 bits per heavy atom. The molecule has 0 unspecified atom stereocenters. The number of carboxylic acid groups (broad SMARTS) is 1. The fraction of sp³-hybridized carbons (Fsp3) is 0.571. The van der Waals surface area contributed by atoms with Crippen LogP contribution in [0.15, 0.2) is 48.5 Å². The van der Waals surface area contributed by atoms with E-state index in [2.05, 4.69) is 16.7 Å². The summed E-state index contributed by atoms with van der Waals surface area (Å²) in [7, 11) is 1.67. The summed E-state index contributed by atoms with van der Waals surface area (Å²) in [6, 6.07) is 13.1. The Kier molecular flexibility index (Phi) is 11.3. The van der Waals surface area contributed by atoms with E-state index in [0.29, 0.717) is 30.7 Å². The molecule has 2 fully saturated rings. The van der Waals surface area contributed by atoms with Crippen molar-refractivity contribution >= 4 is 23.9 Å². The lowest BCUT2D eigenvalue weighted by Crippen LogP contribution is -2.59. The molecular formula is C42H56N6O7. The maximum Gasteiger partial charge on any atom is 0.408 e. The van der Waals surface area contributed by atoms with Crippen molar-refractivity contribution in [2.24, 2.45) is 11.3 Å². The highest BCUT2D eigenvalue weighted by molar-refractivity contribution is 5.96. The summed E-state index contributed by atoms with van der Waals surface area (Å²) < 4.78 is 11.7. The van der Waals surface area contributed by atoms with E-state index in [1.165, 1.54) is 4.90 Å². The van der Waals surface area contributed by atoms with E-state index < -0.39 is 58.6 Å². The van der Waals surface area contributed by atoms with E-state index in [-0.39, 0.29) is 18.9 Å². The number of amides is 3. The van der Waals surface area contributed by atoms with Gasteiger partial charge in [0.05, 0.1) is 13.2 Å². The number of cyclic esters (lactones) is 1. The smallest absolute Gasteiger partial charge is 0.408 e. The zero-order valence-electron chi connectivity index (χ0n) is 33.2. The lowest BCUT2D eigenvalue weighted by molar-refractivity contribution is -0.146. The number of fused-ring (bicyclic) bond motifs is 8. The van der Waals surface area contributed by atoms with Gasteiger partial charge < -0.3 is 30.1 Å². The Balaban J connectivity index is 1.45. The summed E-state index contributed by atoms with van der Waals surface area (Å²) in [5.74, 6) is -1.54. The molecule has 6 rings (SSSR count). The number of hydrogen-bond acceptors (Lipinski definition) is 8. The number of aliphatic carboxylic acids is 1. The number of carboxylic acids is 1. The summed E-state index contributed by atoms with van der Waals surface area (Å²) >= 11 is 0. The summed E-state index contributed by atoms with van der Waals surface area (Å²) in [5.41, 5.74) is 1.14. The molecule has 2 aliphatic heterocycles. The van der Waals surface area contributed by atoms with Crippen molar-refractivity contribution in [1.29, 1.82) is 0 Å². The van der Waals surface area contributed by atoms with Crippen molar-refractivity contribution in [2.45, 2.75) is 129 Å². The minimum Gasteiger partial charge on any atom is -0.496 e. The fourth-order valence-corrected chi connectivity index (χ4v) is 8.14. The number of methoxy groups -OCH3 is 1. The van der Waals surface area contributed by atoms with Crippen LogP contribution in [0.3, 0.4) is 0 Å². The third-order valence-electron chi connectivity index (χ3n) is 11.5. The third kappa shape index (κ3) is 8.50. The lowest BCUT2D eigenvalue weighted by atomic mass is 9.85. The zero-order valence-corrected chi connectivity index (χ0v) is 33.2. The van der Waals surface area contributed by atoms with Crippen LogP contribution in [0.5, 0.6) is 5.75 Å². The second kappa shape index (κ2) is 15.7. The second-order valence-electron chi connectivity index (χ2n) is 17.1. The molecule has 0 radical (unpaired) electrons. The molecule has 0 spiro atoms. The largest absolute Gasteiger partial charge is 0.496 e. The molecule has 55 heavy (non-hydrogen) atoms. The Bertz CT molecular complexity index is 1900. The normalized spacial score (nSPS) is 25.9. The number of aromatic nitrogens is 3. The highest BCUT2D eigenvalue weighted by atomic mass is 16.6. The van der Waals surface area contributed by atoms with Crippen LogP contribution < -0.4 is 15.4 Å². The topological polar surface area (TPSA) is 165 Å². The SMILES string of the molecule is CC[C@@H]1C[C@]1(NC(=O)[C@@H]1C[C@@H]2CN1C(=O)[C@H](C(C)(C)C)NC(=O)OC(C)(C)CCCCCCc1cc(ccc1OC)-c1nn2nc1-c1ccccc1)C(=O)O. The van der Waals surface area contributed by atoms with Gasteiger partial charge in [0, 0.05) is 24.1 Å². The predicted octanol–water partition coefficient (Wildman–Crippen LogP) is 6.56. The molecule has 13 nitrogen and oxygen atoms in total. The number of alkyl carbamates (subject to hydrolysis) is 1. The third-order valence-corrected chi connectivity index (χ3v) is 11.5. The van der Waals surface area contributed by atoms with Crippen LogP contribution in [-0.4, -0.2) is 85.8 Å². The van der Waals surface area contributed by atoms with E-state index in [9.17, 15) is 24.3 Å². The monoisotopic (exact) mass is 756 g/mol. The molecule has 6 bridgehead atoms. The standard InChI is InChI=1S/C42H56N6O7/c1-8-29-24-42(29,38(51)52)44-36(49)31-23-30-25-47(31)37(50)35(40(2,3)4)43-39(53)55-41(5,6)21-15-10-9-12-18-27-22-28(19-20-32(27)54-7)34-33(45-48(30)46-34)26-16-13-11-14-17-26/h11,13-14,16-17,19-20,22,29-31,35H,8-10,12,15,18,21,23-25H2,1-7H3,(H,43,53)(H,44,49)(H,51,52)/t29-,30-,31+,35-,42-/m1/s1. The van der Waals surface area contributed by atoms with Crippen LogP contribution in [0.25, 0.3) is 22.5 Å². The van der Waals surface area contributed by atoms with Crippen molar-refractivity contribution in [3.05, 3.63) is 54.1 Å². The first-order chi connectivity index (χ1) is 26.1. The molecular weight excluding hydrogens is 700 g/mol. The minimum absolute atomic E-state index is 0.0548. The maximum atomic E-state index is 14.7. The van der Waals surface area contributed by atoms with Gasteiger partial charge in [-0.25, -0.2) is 9.59 Å². The molecule has 3 amide bonds. The molecule has 296 valence electrons. The summed E-state index contributed by atoms with van der Waals surface area (Å²) in [6.45, 7) is 11.2. The van der Waals surface area contributed by atoms with Crippen molar-refractivity contribution in [1.82, 2.24) is 30.5 Å². The van der Waals surface area contributed by atoms with Crippen LogP contribution in [0.4, 0.5) is 4.79 Å².